The van der Waals surface area contributed by atoms with Crippen LogP contribution in [0.2, 0.25) is 0 Å². The molecule has 0 radical (unpaired) electrons. The van der Waals surface area contributed by atoms with Crippen LogP contribution in [0, 0.1) is 5.92 Å². The minimum atomic E-state index is 0.127. The summed E-state index contributed by atoms with van der Waals surface area (Å²) in [5.41, 5.74) is 0. The highest BCUT2D eigenvalue weighted by molar-refractivity contribution is 5.87. The van der Waals surface area contributed by atoms with Gasteiger partial charge in [-0.05, 0) is 5.92 Å². The molecule has 1 rings (SSSR count). The summed E-state index contributed by atoms with van der Waals surface area (Å²) < 4.78 is 0. The molecule has 0 aromatic heterocycles. The van der Waals surface area contributed by atoms with Crippen molar-refractivity contribution in [1.82, 2.24) is 4.90 Å². The monoisotopic (exact) mass is 155 g/mol. The van der Waals surface area contributed by atoms with Crippen molar-refractivity contribution >= 4 is 11.7 Å². The Morgan fingerprint density at radius 3 is 2.45 bits per heavy atom. The molecule has 1 aliphatic rings. The minimum Gasteiger partial charge on any atom is -0.349 e. The van der Waals surface area contributed by atoms with Gasteiger partial charge in [0.1, 0.15) is 5.78 Å². The Balaban J connectivity index is 2.22. The Morgan fingerprint density at radius 2 is 2.09 bits per heavy atom. The largest absolute Gasteiger partial charge is 0.349 e. The number of ketones is 1. The van der Waals surface area contributed by atoms with E-state index >= 15 is 0 Å². The van der Waals surface area contributed by atoms with Crippen LogP contribution in [0.5, 0.6) is 0 Å². The Morgan fingerprint density at radius 1 is 1.55 bits per heavy atom. The van der Waals surface area contributed by atoms with Crippen LogP contribution in [0.15, 0.2) is 0 Å². The van der Waals surface area contributed by atoms with E-state index < -0.39 is 0 Å². The van der Waals surface area contributed by atoms with Crippen LogP contribution >= 0.6 is 0 Å². The summed E-state index contributed by atoms with van der Waals surface area (Å²) in [5, 5.41) is 0. The van der Waals surface area contributed by atoms with Crippen LogP contribution in [0.25, 0.3) is 0 Å². The lowest BCUT2D eigenvalue weighted by Crippen LogP contribution is -2.30. The number of carbonyl (C=O) groups excluding carboxylic acids is 2. The number of hydrogen-bond acceptors (Lipinski definition) is 2. The predicted octanol–water partition coefficient (Wildman–Crippen LogP) is 0.444. The van der Waals surface area contributed by atoms with Gasteiger partial charge >= 0.3 is 0 Å². The van der Waals surface area contributed by atoms with Crippen molar-refractivity contribution in [2.45, 2.75) is 19.3 Å². The molecule has 0 unspecified atom stereocenters. The second kappa shape index (κ2) is 3.03. The first-order chi connectivity index (χ1) is 5.09. The number of rotatable bonds is 2. The molecular formula is C8H13NO2. The Kier molecular flexibility index (Phi) is 2.27. The standard InChI is InChI=1S/C8H13NO2/c1-9(2)8(11)5-6-3-7(10)4-6/h6H,3-5H2,1-2H3. The quantitative estimate of drug-likeness (QED) is 0.580. The van der Waals surface area contributed by atoms with E-state index in [2.05, 4.69) is 0 Å². The summed E-state index contributed by atoms with van der Waals surface area (Å²) in [6.45, 7) is 0. The predicted molar refractivity (Wildman–Crippen MR) is 41.0 cm³/mol. The fourth-order valence-corrected chi connectivity index (χ4v) is 1.16. The maximum absolute atomic E-state index is 11.1. The van der Waals surface area contributed by atoms with E-state index in [4.69, 9.17) is 0 Å². The van der Waals surface area contributed by atoms with Gasteiger partial charge in [-0.2, -0.15) is 0 Å². The highest BCUT2D eigenvalue weighted by Crippen LogP contribution is 2.26. The van der Waals surface area contributed by atoms with Crippen LogP contribution in [0.1, 0.15) is 19.3 Å². The van der Waals surface area contributed by atoms with Crippen LogP contribution in [-0.4, -0.2) is 30.7 Å². The van der Waals surface area contributed by atoms with Gasteiger partial charge in [0.15, 0.2) is 0 Å². The molecule has 11 heavy (non-hydrogen) atoms. The number of Topliss-reactive ketones (excluding diaryl/α,β-unsaturated/α-hetero) is 1. The first-order valence-electron chi connectivity index (χ1n) is 3.81. The third-order valence-electron chi connectivity index (χ3n) is 1.99. The van der Waals surface area contributed by atoms with Crippen molar-refractivity contribution in [3.8, 4) is 0 Å². The first-order valence-corrected chi connectivity index (χ1v) is 3.81. The fourth-order valence-electron chi connectivity index (χ4n) is 1.16. The van der Waals surface area contributed by atoms with Crippen LogP contribution in [0.3, 0.4) is 0 Å². The van der Waals surface area contributed by atoms with Crippen LogP contribution < -0.4 is 0 Å². The average molecular weight is 155 g/mol. The molecule has 0 heterocycles. The first kappa shape index (κ1) is 8.24. The summed E-state index contributed by atoms with van der Waals surface area (Å²) in [6.07, 6.45) is 1.76. The van der Waals surface area contributed by atoms with Gasteiger partial charge in [-0.15, -0.1) is 0 Å². The van der Waals surface area contributed by atoms with Crippen LogP contribution in [0.4, 0.5) is 0 Å². The lowest BCUT2D eigenvalue weighted by Gasteiger charge is -2.24. The molecule has 3 nitrogen and oxygen atoms in total. The minimum absolute atomic E-state index is 0.127. The molecule has 0 N–H and O–H groups in total. The van der Waals surface area contributed by atoms with Crippen molar-refractivity contribution in [3.05, 3.63) is 0 Å². The van der Waals surface area contributed by atoms with Crippen molar-refractivity contribution < 1.29 is 9.59 Å². The molecule has 0 spiro atoms. The smallest absolute Gasteiger partial charge is 0.222 e. The number of hydrogen-bond donors (Lipinski definition) is 0. The Labute approximate surface area is 66.4 Å². The lowest BCUT2D eigenvalue weighted by atomic mass is 9.81. The number of nitrogens with zero attached hydrogens (tertiary/aromatic N) is 1. The Hall–Kier alpha value is -0.860. The highest BCUT2D eigenvalue weighted by Gasteiger charge is 2.28. The van der Waals surface area contributed by atoms with E-state index in [1.54, 1.807) is 19.0 Å². The van der Waals surface area contributed by atoms with E-state index in [0.717, 1.165) is 0 Å². The second-order valence-electron chi connectivity index (χ2n) is 3.31. The zero-order valence-electron chi connectivity index (χ0n) is 6.96. The van der Waals surface area contributed by atoms with Crippen molar-refractivity contribution in [2.24, 2.45) is 5.92 Å². The zero-order chi connectivity index (χ0) is 8.43. The molecule has 0 aromatic rings. The fraction of sp³-hybridized carbons (Fsp3) is 0.750. The summed E-state index contributed by atoms with van der Waals surface area (Å²) in [4.78, 5) is 23.2. The molecule has 1 aliphatic carbocycles. The SMILES string of the molecule is CN(C)C(=O)CC1CC(=O)C1. The molecule has 0 aromatic carbocycles. The van der Waals surface area contributed by atoms with Gasteiger partial charge in [0, 0.05) is 33.4 Å². The summed E-state index contributed by atoms with van der Waals surface area (Å²) in [5.74, 6) is 0.751. The van der Waals surface area contributed by atoms with E-state index in [-0.39, 0.29) is 5.91 Å². The van der Waals surface area contributed by atoms with E-state index in [0.29, 0.717) is 31.0 Å². The third-order valence-corrected chi connectivity index (χ3v) is 1.99. The maximum Gasteiger partial charge on any atom is 0.222 e. The molecule has 0 atom stereocenters. The van der Waals surface area contributed by atoms with E-state index in [1.807, 2.05) is 0 Å². The maximum atomic E-state index is 11.1. The third kappa shape index (κ3) is 2.03. The molecule has 0 saturated heterocycles. The van der Waals surface area contributed by atoms with Gasteiger partial charge < -0.3 is 4.90 Å². The van der Waals surface area contributed by atoms with E-state index in [9.17, 15) is 9.59 Å². The molecule has 62 valence electrons. The summed E-state index contributed by atoms with van der Waals surface area (Å²) in [7, 11) is 3.48. The van der Waals surface area contributed by atoms with Crippen LogP contribution in [-0.2, 0) is 9.59 Å². The molecule has 1 saturated carbocycles. The van der Waals surface area contributed by atoms with E-state index in [1.165, 1.54) is 0 Å². The van der Waals surface area contributed by atoms with Crippen molar-refractivity contribution in [2.75, 3.05) is 14.1 Å². The van der Waals surface area contributed by atoms with Crippen molar-refractivity contribution in [1.29, 1.82) is 0 Å². The molecule has 1 amide bonds. The van der Waals surface area contributed by atoms with Crippen molar-refractivity contribution in [3.63, 3.8) is 0 Å². The summed E-state index contributed by atoms with van der Waals surface area (Å²) >= 11 is 0. The second-order valence-corrected chi connectivity index (χ2v) is 3.31. The van der Waals surface area contributed by atoms with Gasteiger partial charge in [-0.3, -0.25) is 9.59 Å². The highest BCUT2D eigenvalue weighted by atomic mass is 16.2. The lowest BCUT2D eigenvalue weighted by molar-refractivity contribution is -0.133. The summed E-state index contributed by atoms with van der Waals surface area (Å²) in [6, 6.07) is 0. The average Bonchev–Trinajstić information content (AvgIpc) is 1.84. The molecule has 1 fully saturated rings. The molecule has 0 aliphatic heterocycles. The topological polar surface area (TPSA) is 37.4 Å². The normalized spacial score (nSPS) is 17.8. The van der Waals surface area contributed by atoms with Gasteiger partial charge in [0.2, 0.25) is 5.91 Å². The Bertz CT molecular complexity index is 179. The zero-order valence-corrected chi connectivity index (χ0v) is 6.96. The molecular weight excluding hydrogens is 142 g/mol. The molecule has 0 bridgehead atoms. The van der Waals surface area contributed by atoms with Gasteiger partial charge in [-0.25, -0.2) is 0 Å². The van der Waals surface area contributed by atoms with Gasteiger partial charge in [-0.1, -0.05) is 0 Å². The number of amides is 1. The van der Waals surface area contributed by atoms with Gasteiger partial charge in [0.05, 0.1) is 0 Å². The van der Waals surface area contributed by atoms with Gasteiger partial charge in [0.25, 0.3) is 0 Å². The number of carbonyl (C=O) groups is 2. The molecule has 3 heteroatoms.